The number of pyridine rings is 1. The van der Waals surface area contributed by atoms with Crippen LogP contribution in [0.3, 0.4) is 0 Å². The van der Waals surface area contributed by atoms with Crippen LogP contribution in [0.25, 0.3) is 0 Å². The molecule has 1 aromatic carbocycles. The van der Waals surface area contributed by atoms with Crippen LogP contribution in [-0.2, 0) is 5.41 Å². The molecule has 1 saturated heterocycles. The molecule has 1 fully saturated rings. The Balaban J connectivity index is 1.62. The number of piperidine rings is 1. The lowest BCUT2D eigenvalue weighted by molar-refractivity contribution is 0.0678. The van der Waals surface area contributed by atoms with Gasteiger partial charge in [-0.1, -0.05) is 36.4 Å². The second-order valence-corrected chi connectivity index (χ2v) is 7.42. The lowest BCUT2D eigenvalue weighted by atomic mass is 9.70. The summed E-state index contributed by atoms with van der Waals surface area (Å²) in [5.74, 6) is -0.00921. The van der Waals surface area contributed by atoms with Gasteiger partial charge < -0.3 is 10.6 Å². The fourth-order valence-electron chi connectivity index (χ4n) is 3.70. The van der Waals surface area contributed by atoms with E-state index in [4.69, 9.17) is 5.73 Å². The van der Waals surface area contributed by atoms with Crippen LogP contribution in [0.4, 0.5) is 5.13 Å². The number of carbonyl (C=O) groups is 1. The molecular weight excluding hydrogens is 344 g/mol. The quantitative estimate of drug-likeness (QED) is 0.774. The van der Waals surface area contributed by atoms with E-state index in [0.29, 0.717) is 23.9 Å². The molecule has 1 amide bonds. The van der Waals surface area contributed by atoms with E-state index in [-0.39, 0.29) is 11.3 Å². The van der Waals surface area contributed by atoms with Crippen LogP contribution in [0.15, 0.2) is 60.1 Å². The molecule has 1 aliphatic rings. The summed E-state index contributed by atoms with van der Waals surface area (Å²) in [5.41, 5.74) is 8.45. The number of likely N-dealkylation sites (tertiary alicyclic amines) is 1. The topological polar surface area (TPSA) is 72.1 Å². The molecule has 1 aliphatic heterocycles. The van der Waals surface area contributed by atoms with Crippen LogP contribution in [0.2, 0.25) is 0 Å². The maximum atomic E-state index is 12.7. The zero-order valence-corrected chi connectivity index (χ0v) is 15.2. The molecule has 2 N–H and O–H groups in total. The molecule has 2 aromatic heterocycles. The molecule has 26 heavy (non-hydrogen) atoms. The van der Waals surface area contributed by atoms with Crippen LogP contribution in [0, 0.1) is 0 Å². The third kappa shape index (κ3) is 2.97. The van der Waals surface area contributed by atoms with Crippen molar-refractivity contribution in [1.82, 2.24) is 14.9 Å². The minimum Gasteiger partial charge on any atom is -0.375 e. The predicted octanol–water partition coefficient (Wildman–Crippen LogP) is 3.34. The van der Waals surface area contributed by atoms with Crippen molar-refractivity contribution in [2.24, 2.45) is 0 Å². The fourth-order valence-corrected chi connectivity index (χ4v) is 4.36. The number of anilines is 1. The summed E-state index contributed by atoms with van der Waals surface area (Å²) in [5, 5.41) is 2.64. The predicted molar refractivity (Wildman–Crippen MR) is 103 cm³/mol. The molecule has 0 saturated carbocycles. The molecule has 5 nitrogen and oxygen atoms in total. The first-order chi connectivity index (χ1) is 12.7. The summed E-state index contributed by atoms with van der Waals surface area (Å²) in [6.45, 7) is 1.34. The Hall–Kier alpha value is -2.73. The highest BCUT2D eigenvalue weighted by Gasteiger charge is 2.40. The molecule has 0 spiro atoms. The summed E-state index contributed by atoms with van der Waals surface area (Å²) in [6.07, 6.45) is 3.29. The summed E-state index contributed by atoms with van der Waals surface area (Å²) in [7, 11) is 0. The van der Waals surface area contributed by atoms with Crippen LogP contribution in [0.1, 0.15) is 34.6 Å². The number of benzene rings is 1. The number of nitrogens with zero attached hydrogens (tertiary/aromatic N) is 3. The highest BCUT2D eigenvalue weighted by Crippen LogP contribution is 2.42. The number of aromatic nitrogens is 2. The normalized spacial score (nSPS) is 16.4. The van der Waals surface area contributed by atoms with Crippen molar-refractivity contribution in [3.63, 3.8) is 0 Å². The fraction of sp³-hybridized carbons (Fsp3) is 0.250. The highest BCUT2D eigenvalue weighted by atomic mass is 32.1. The van der Waals surface area contributed by atoms with E-state index in [0.717, 1.165) is 18.5 Å². The van der Waals surface area contributed by atoms with Gasteiger partial charge >= 0.3 is 0 Å². The SMILES string of the molecule is Nc1nc(C2(c3ccccc3)CCN(C(=O)c3ccccn3)CC2)cs1. The van der Waals surface area contributed by atoms with Crippen LogP contribution >= 0.6 is 11.3 Å². The first kappa shape index (κ1) is 16.7. The van der Waals surface area contributed by atoms with Gasteiger partial charge in [0.15, 0.2) is 5.13 Å². The lowest BCUT2D eigenvalue weighted by Gasteiger charge is -2.41. The van der Waals surface area contributed by atoms with Crippen LogP contribution in [-0.4, -0.2) is 33.9 Å². The Morgan fingerprint density at radius 3 is 2.42 bits per heavy atom. The molecule has 3 aromatic rings. The van der Waals surface area contributed by atoms with Gasteiger partial charge in [0, 0.05) is 30.1 Å². The third-order valence-electron chi connectivity index (χ3n) is 5.13. The number of thiazole rings is 1. The minimum atomic E-state index is -0.198. The molecule has 0 atom stereocenters. The molecular formula is C20H20N4OS. The molecule has 0 radical (unpaired) electrons. The van der Waals surface area contributed by atoms with E-state index in [9.17, 15) is 4.79 Å². The molecule has 0 unspecified atom stereocenters. The Bertz CT molecular complexity index is 886. The third-order valence-corrected chi connectivity index (χ3v) is 5.80. The van der Waals surface area contributed by atoms with E-state index >= 15 is 0 Å². The van der Waals surface area contributed by atoms with Crippen molar-refractivity contribution in [3.05, 3.63) is 77.1 Å². The lowest BCUT2D eigenvalue weighted by Crippen LogP contribution is -2.46. The monoisotopic (exact) mass is 364 g/mol. The second kappa shape index (κ2) is 6.88. The summed E-state index contributed by atoms with van der Waals surface area (Å²) < 4.78 is 0. The molecule has 132 valence electrons. The molecule has 4 rings (SSSR count). The standard InChI is InChI=1S/C20H20N4OS/c21-19-23-17(14-26-19)20(15-6-2-1-3-7-15)9-12-24(13-10-20)18(25)16-8-4-5-11-22-16/h1-8,11,14H,9-10,12-13H2,(H2,21,23). The van der Waals surface area contributed by atoms with Crippen LogP contribution in [0.5, 0.6) is 0 Å². The average Bonchev–Trinajstić information content (AvgIpc) is 3.16. The van der Waals surface area contributed by atoms with E-state index in [1.807, 2.05) is 23.1 Å². The van der Waals surface area contributed by atoms with Gasteiger partial charge in [0.25, 0.3) is 5.91 Å². The van der Waals surface area contributed by atoms with Crippen LogP contribution < -0.4 is 5.73 Å². The Morgan fingerprint density at radius 2 is 1.81 bits per heavy atom. The smallest absolute Gasteiger partial charge is 0.272 e. The minimum absolute atomic E-state index is 0.00921. The summed E-state index contributed by atoms with van der Waals surface area (Å²) >= 11 is 1.47. The average molecular weight is 364 g/mol. The van der Waals surface area contributed by atoms with Gasteiger partial charge in [-0.2, -0.15) is 0 Å². The van der Waals surface area contributed by atoms with Crippen molar-refractivity contribution >= 4 is 22.4 Å². The van der Waals surface area contributed by atoms with Crippen molar-refractivity contribution in [1.29, 1.82) is 0 Å². The Kier molecular flexibility index (Phi) is 4.42. The van der Waals surface area contributed by atoms with Crippen molar-refractivity contribution in [2.75, 3.05) is 18.8 Å². The number of hydrogen-bond donors (Lipinski definition) is 1. The summed E-state index contributed by atoms with van der Waals surface area (Å²) in [4.78, 5) is 23.4. The zero-order chi connectivity index (χ0) is 18.0. The molecule has 3 heterocycles. The van der Waals surface area contributed by atoms with Gasteiger partial charge in [0.1, 0.15) is 5.69 Å². The maximum absolute atomic E-state index is 12.7. The van der Waals surface area contributed by atoms with Crippen molar-refractivity contribution in [2.45, 2.75) is 18.3 Å². The van der Waals surface area contributed by atoms with Gasteiger partial charge in [-0.3, -0.25) is 9.78 Å². The van der Waals surface area contributed by atoms with Crippen molar-refractivity contribution in [3.8, 4) is 0 Å². The van der Waals surface area contributed by atoms with E-state index in [2.05, 4.69) is 39.6 Å². The second-order valence-electron chi connectivity index (χ2n) is 6.53. The molecule has 6 heteroatoms. The number of hydrogen-bond acceptors (Lipinski definition) is 5. The van der Waals surface area contributed by atoms with Gasteiger partial charge in [-0.15, -0.1) is 11.3 Å². The van der Waals surface area contributed by atoms with Gasteiger partial charge in [0.05, 0.1) is 5.69 Å². The first-order valence-corrected chi connectivity index (χ1v) is 9.54. The Labute approximate surface area is 156 Å². The van der Waals surface area contributed by atoms with Gasteiger partial charge in [0.2, 0.25) is 0 Å². The highest BCUT2D eigenvalue weighted by molar-refractivity contribution is 7.13. The van der Waals surface area contributed by atoms with Gasteiger partial charge in [-0.25, -0.2) is 4.98 Å². The van der Waals surface area contributed by atoms with E-state index < -0.39 is 0 Å². The van der Waals surface area contributed by atoms with E-state index in [1.54, 1.807) is 12.3 Å². The van der Waals surface area contributed by atoms with E-state index in [1.165, 1.54) is 16.9 Å². The largest absolute Gasteiger partial charge is 0.375 e. The van der Waals surface area contributed by atoms with Crippen molar-refractivity contribution < 1.29 is 4.79 Å². The summed E-state index contributed by atoms with van der Waals surface area (Å²) in [6, 6.07) is 15.8. The van der Waals surface area contributed by atoms with Gasteiger partial charge in [-0.05, 0) is 30.5 Å². The molecule has 0 aliphatic carbocycles. The zero-order valence-electron chi connectivity index (χ0n) is 14.3. The number of amides is 1. The number of nitrogens with two attached hydrogens (primary N) is 1. The number of nitrogen functional groups attached to an aromatic ring is 1. The number of rotatable bonds is 3. The maximum Gasteiger partial charge on any atom is 0.272 e. The number of carbonyl (C=O) groups excluding carboxylic acids is 1. The Morgan fingerprint density at radius 1 is 1.08 bits per heavy atom. The first-order valence-electron chi connectivity index (χ1n) is 8.66. The molecule has 0 bridgehead atoms.